The second kappa shape index (κ2) is 12.3. The van der Waals surface area contributed by atoms with Crippen molar-refractivity contribution < 1.29 is 27.6 Å². The normalized spacial score (nSPS) is 22.4. The van der Waals surface area contributed by atoms with E-state index in [1.165, 1.54) is 23.5 Å². The van der Waals surface area contributed by atoms with Crippen molar-refractivity contribution in [1.29, 1.82) is 0 Å². The Balaban J connectivity index is 1.26. The maximum absolute atomic E-state index is 13.3. The number of carbonyl (C=O) groups excluding carboxylic acids is 2. The summed E-state index contributed by atoms with van der Waals surface area (Å²) >= 11 is 1.38. The molecule has 3 aliphatic rings. The van der Waals surface area contributed by atoms with Gasteiger partial charge in [-0.25, -0.2) is 13.4 Å². The molecule has 1 aromatic heterocycles. The fourth-order valence-electron chi connectivity index (χ4n) is 4.89. The van der Waals surface area contributed by atoms with E-state index in [2.05, 4.69) is 27.3 Å². The highest BCUT2D eigenvalue weighted by molar-refractivity contribution is 7.92. The molecule has 1 N–H and O–H groups in total. The lowest BCUT2D eigenvalue weighted by Gasteiger charge is -2.39. The summed E-state index contributed by atoms with van der Waals surface area (Å²) in [7, 11) is -3.34. The highest BCUT2D eigenvalue weighted by Crippen LogP contribution is 2.33. The molecule has 0 unspecified atom stereocenters. The third-order valence-corrected chi connectivity index (χ3v) is 10.5. The van der Waals surface area contributed by atoms with E-state index in [1.54, 1.807) is 18.3 Å². The number of aromatic nitrogens is 1. The molecule has 2 aliphatic heterocycles. The number of sulfone groups is 1. The maximum Gasteiger partial charge on any atom is 0.280 e. The van der Waals surface area contributed by atoms with Crippen molar-refractivity contribution in [1.82, 2.24) is 14.8 Å². The lowest BCUT2D eigenvalue weighted by Crippen LogP contribution is -2.53. The van der Waals surface area contributed by atoms with Gasteiger partial charge in [0.25, 0.3) is 5.91 Å². The molecule has 3 heterocycles. The Morgan fingerprint density at radius 1 is 1.20 bits per heavy atom. The average Bonchev–Trinajstić information content (AvgIpc) is 3.53. The number of piperazine rings is 1. The van der Waals surface area contributed by atoms with Crippen LogP contribution in [0.5, 0.6) is 0 Å². The van der Waals surface area contributed by atoms with Crippen molar-refractivity contribution in [2.45, 2.75) is 68.4 Å². The third kappa shape index (κ3) is 6.70. The second-order valence-corrected chi connectivity index (χ2v) is 13.8. The van der Waals surface area contributed by atoms with Gasteiger partial charge in [0.2, 0.25) is 5.91 Å². The number of hydrogen-bond donors (Lipinski definition) is 1. The Labute approximate surface area is 238 Å². The Hall–Kier alpha value is -2.87. The van der Waals surface area contributed by atoms with Crippen molar-refractivity contribution in [2.24, 2.45) is 5.16 Å². The van der Waals surface area contributed by atoms with Crippen molar-refractivity contribution in [2.75, 3.05) is 38.2 Å². The first-order chi connectivity index (χ1) is 19.2. The average molecular weight is 590 g/mol. The first kappa shape index (κ1) is 28.7. The minimum absolute atomic E-state index is 0.0320. The van der Waals surface area contributed by atoms with Crippen LogP contribution in [0, 0.1) is 0 Å². The molecule has 0 bridgehead atoms. The van der Waals surface area contributed by atoms with Gasteiger partial charge >= 0.3 is 0 Å². The Morgan fingerprint density at radius 2 is 1.98 bits per heavy atom. The van der Waals surface area contributed by atoms with Crippen LogP contribution in [0.4, 0.5) is 5.13 Å². The standard InChI is InChI=1S/C27H35N5O6S2/c1-3-24(33)32-12-11-31(15-18(32)2)16-21-14-28-27(39-21)29-26(34)25(30-38-20-10-13-37-17-20)19-4-6-22(7-5-19)40(35,36)23-8-9-23/h4-7,14,18,20,23H,3,8-13,15-17H2,1-2H3,(H,28,29,34)/t18-,20+/m0/s1. The minimum Gasteiger partial charge on any atom is -0.389 e. The predicted octanol–water partition coefficient (Wildman–Crippen LogP) is 2.67. The SMILES string of the molecule is CCC(=O)N1CCN(Cc2cnc(NC(=O)C(=NO[C@@H]3CCOC3)c3ccc(S(=O)(=O)C4CC4)cc3)s2)C[C@@H]1C. The summed E-state index contributed by atoms with van der Waals surface area (Å²) in [5, 5.41) is 7.10. The molecule has 0 radical (unpaired) electrons. The zero-order valence-corrected chi connectivity index (χ0v) is 24.4. The van der Waals surface area contributed by atoms with E-state index >= 15 is 0 Å². The Kier molecular flexibility index (Phi) is 8.83. The fraction of sp³-hybridized carbons (Fsp3) is 0.556. The van der Waals surface area contributed by atoms with Gasteiger partial charge in [0, 0.05) is 61.7 Å². The van der Waals surface area contributed by atoms with Crippen LogP contribution in [0.3, 0.4) is 0 Å². The van der Waals surface area contributed by atoms with Crippen molar-refractivity contribution in [3.8, 4) is 0 Å². The molecule has 11 nitrogen and oxygen atoms in total. The van der Waals surface area contributed by atoms with Crippen LogP contribution < -0.4 is 5.32 Å². The van der Waals surface area contributed by atoms with Gasteiger partial charge < -0.3 is 14.5 Å². The number of amides is 2. The van der Waals surface area contributed by atoms with Gasteiger partial charge in [0.15, 0.2) is 26.8 Å². The van der Waals surface area contributed by atoms with E-state index in [9.17, 15) is 18.0 Å². The topological polar surface area (TPSA) is 130 Å². The van der Waals surface area contributed by atoms with E-state index in [0.717, 1.165) is 18.0 Å². The van der Waals surface area contributed by atoms with Gasteiger partial charge in [-0.05, 0) is 31.9 Å². The zero-order valence-electron chi connectivity index (χ0n) is 22.7. The third-order valence-electron chi connectivity index (χ3n) is 7.30. The van der Waals surface area contributed by atoms with Crippen molar-refractivity contribution in [3.05, 3.63) is 40.9 Å². The van der Waals surface area contributed by atoms with E-state index in [0.29, 0.717) is 62.7 Å². The highest BCUT2D eigenvalue weighted by atomic mass is 32.2. The van der Waals surface area contributed by atoms with Gasteiger partial charge in [-0.3, -0.25) is 19.8 Å². The molecular formula is C27H35N5O6S2. The summed E-state index contributed by atoms with van der Waals surface area (Å²) in [4.78, 5) is 40.9. The minimum atomic E-state index is -3.34. The number of thiazole rings is 1. The molecule has 13 heteroatoms. The maximum atomic E-state index is 13.3. The number of hydrogen-bond acceptors (Lipinski definition) is 10. The first-order valence-electron chi connectivity index (χ1n) is 13.7. The van der Waals surface area contributed by atoms with Crippen LogP contribution in [0.25, 0.3) is 0 Å². The lowest BCUT2D eigenvalue weighted by molar-refractivity contribution is -0.135. The van der Waals surface area contributed by atoms with Crippen LogP contribution in [-0.4, -0.2) is 91.0 Å². The summed E-state index contributed by atoms with van der Waals surface area (Å²) in [5.41, 5.74) is 0.473. The molecule has 1 aromatic carbocycles. The van der Waals surface area contributed by atoms with Gasteiger partial charge in [-0.2, -0.15) is 0 Å². The molecule has 2 saturated heterocycles. The number of ether oxygens (including phenoxy) is 1. The van der Waals surface area contributed by atoms with Crippen LogP contribution in [-0.2, 0) is 35.5 Å². The highest BCUT2D eigenvalue weighted by Gasteiger charge is 2.37. The van der Waals surface area contributed by atoms with Crippen molar-refractivity contribution >= 4 is 43.8 Å². The number of carbonyl (C=O) groups is 2. The van der Waals surface area contributed by atoms with Crippen LogP contribution in [0.2, 0.25) is 0 Å². The number of oxime groups is 1. The number of rotatable bonds is 10. The summed E-state index contributed by atoms with van der Waals surface area (Å²) in [6.07, 6.45) is 4.04. The van der Waals surface area contributed by atoms with Gasteiger partial charge in [-0.15, -0.1) is 11.3 Å². The number of nitrogens with one attached hydrogen (secondary N) is 1. The number of benzene rings is 1. The molecule has 216 valence electrons. The van der Waals surface area contributed by atoms with Crippen molar-refractivity contribution in [3.63, 3.8) is 0 Å². The number of nitrogens with zero attached hydrogens (tertiary/aromatic N) is 4. The molecular weight excluding hydrogens is 554 g/mol. The summed E-state index contributed by atoms with van der Waals surface area (Å²) in [6.45, 7) is 7.84. The predicted molar refractivity (Wildman–Crippen MR) is 151 cm³/mol. The molecule has 5 rings (SSSR count). The Morgan fingerprint density at radius 3 is 2.62 bits per heavy atom. The van der Waals surface area contributed by atoms with Crippen LogP contribution in [0.15, 0.2) is 40.5 Å². The molecule has 2 atom stereocenters. The molecule has 1 aliphatic carbocycles. The largest absolute Gasteiger partial charge is 0.389 e. The molecule has 0 spiro atoms. The van der Waals surface area contributed by atoms with Gasteiger partial charge in [0.05, 0.1) is 23.4 Å². The summed E-state index contributed by atoms with van der Waals surface area (Å²) in [6, 6.07) is 6.34. The van der Waals surface area contributed by atoms with Crippen LogP contribution in [0.1, 0.15) is 50.0 Å². The fourth-order valence-corrected chi connectivity index (χ4v) is 7.39. The van der Waals surface area contributed by atoms with Gasteiger partial charge in [-0.1, -0.05) is 24.2 Å². The van der Waals surface area contributed by atoms with E-state index < -0.39 is 15.7 Å². The second-order valence-electron chi connectivity index (χ2n) is 10.4. The monoisotopic (exact) mass is 589 g/mol. The van der Waals surface area contributed by atoms with E-state index in [-0.39, 0.29) is 33.9 Å². The molecule has 1 saturated carbocycles. The molecule has 2 amide bonds. The first-order valence-corrected chi connectivity index (χ1v) is 16.0. The summed E-state index contributed by atoms with van der Waals surface area (Å²) < 4.78 is 30.5. The Bertz CT molecular complexity index is 1350. The lowest BCUT2D eigenvalue weighted by atomic mass is 10.1. The summed E-state index contributed by atoms with van der Waals surface area (Å²) in [5.74, 6) is -0.325. The molecule has 2 aromatic rings. The smallest absolute Gasteiger partial charge is 0.280 e. The van der Waals surface area contributed by atoms with E-state index in [1.807, 2.05) is 11.8 Å². The quantitative estimate of drug-likeness (QED) is 0.331. The molecule has 3 fully saturated rings. The molecule has 40 heavy (non-hydrogen) atoms. The van der Waals surface area contributed by atoms with E-state index in [4.69, 9.17) is 9.57 Å². The van der Waals surface area contributed by atoms with Crippen LogP contribution >= 0.6 is 11.3 Å². The zero-order chi connectivity index (χ0) is 28.3. The van der Waals surface area contributed by atoms with Gasteiger partial charge in [0.1, 0.15) is 0 Å². The number of anilines is 1.